The van der Waals surface area contributed by atoms with Crippen LogP contribution in [-0.4, -0.2) is 29.6 Å². The van der Waals surface area contributed by atoms with Crippen molar-refractivity contribution in [2.45, 2.75) is 13.3 Å². The number of aromatic nitrogens is 2. The van der Waals surface area contributed by atoms with Gasteiger partial charge in [-0.05, 0) is 18.9 Å². The summed E-state index contributed by atoms with van der Waals surface area (Å²) < 4.78 is 0. The smallest absolute Gasteiger partial charge is 0.226 e. The van der Waals surface area contributed by atoms with Crippen molar-refractivity contribution in [2.75, 3.05) is 30.3 Å². The van der Waals surface area contributed by atoms with E-state index < -0.39 is 0 Å². The van der Waals surface area contributed by atoms with E-state index in [1.54, 1.807) is 12.3 Å². The SMILES string of the molecule is CCN/C=C(/CNc1nc(Cl)cc(NCCc2ccccc2)n1)N=N. The van der Waals surface area contributed by atoms with E-state index in [1.165, 1.54) is 5.56 Å². The Morgan fingerprint density at radius 2 is 2.04 bits per heavy atom. The second-order valence-electron chi connectivity index (χ2n) is 5.22. The van der Waals surface area contributed by atoms with Gasteiger partial charge >= 0.3 is 0 Å². The molecule has 0 amide bonds. The first-order valence-electron chi connectivity index (χ1n) is 8.07. The van der Waals surface area contributed by atoms with Gasteiger partial charge in [-0.25, -0.2) is 10.5 Å². The van der Waals surface area contributed by atoms with Gasteiger partial charge < -0.3 is 16.0 Å². The molecule has 0 saturated heterocycles. The zero-order valence-corrected chi connectivity index (χ0v) is 14.8. The number of nitrogens with zero attached hydrogens (tertiary/aromatic N) is 3. The van der Waals surface area contributed by atoms with Gasteiger partial charge in [-0.3, -0.25) is 0 Å². The summed E-state index contributed by atoms with van der Waals surface area (Å²) >= 11 is 6.06. The summed E-state index contributed by atoms with van der Waals surface area (Å²) in [5.74, 6) is 1.04. The first kappa shape index (κ1) is 18.7. The van der Waals surface area contributed by atoms with Crippen LogP contribution in [-0.2, 0) is 6.42 Å². The van der Waals surface area contributed by atoms with E-state index >= 15 is 0 Å². The summed E-state index contributed by atoms with van der Waals surface area (Å²) in [6.07, 6.45) is 2.57. The van der Waals surface area contributed by atoms with E-state index in [4.69, 9.17) is 17.1 Å². The Labute approximate surface area is 152 Å². The third kappa shape index (κ3) is 6.76. The molecule has 8 heteroatoms. The van der Waals surface area contributed by atoms with E-state index in [2.05, 4.69) is 43.2 Å². The molecule has 2 rings (SSSR count). The molecule has 1 aromatic heterocycles. The molecule has 4 N–H and O–H groups in total. The molecule has 0 spiro atoms. The molecule has 0 atom stereocenters. The lowest BCUT2D eigenvalue weighted by Gasteiger charge is -2.09. The molecule has 7 nitrogen and oxygen atoms in total. The van der Waals surface area contributed by atoms with Crippen LogP contribution in [0.15, 0.2) is 53.4 Å². The fraction of sp³-hybridized carbons (Fsp3) is 0.294. The highest BCUT2D eigenvalue weighted by molar-refractivity contribution is 6.29. The van der Waals surface area contributed by atoms with Crippen LogP contribution in [0.25, 0.3) is 0 Å². The monoisotopic (exact) mass is 359 g/mol. The molecule has 0 bridgehead atoms. The minimum absolute atomic E-state index is 0.334. The predicted molar refractivity (Wildman–Crippen MR) is 101 cm³/mol. The predicted octanol–water partition coefficient (Wildman–Crippen LogP) is 3.68. The zero-order valence-electron chi connectivity index (χ0n) is 14.1. The standard InChI is InChI=1S/C17H22ClN7/c1-2-20-11-14(25-19)12-22-17-23-15(18)10-16(24-17)21-9-8-13-6-4-3-5-7-13/h3-7,10-11,19-20H,2,8-9,12H2,1H3,(H2,21,22,23,24)/b14-11-,25-19?. The minimum Gasteiger partial charge on any atom is -0.390 e. The fourth-order valence-corrected chi connectivity index (χ4v) is 2.26. The number of anilines is 2. The van der Waals surface area contributed by atoms with E-state index in [0.29, 0.717) is 29.2 Å². The average Bonchev–Trinajstić information content (AvgIpc) is 2.62. The highest BCUT2D eigenvalue weighted by atomic mass is 35.5. The van der Waals surface area contributed by atoms with Crippen molar-refractivity contribution in [2.24, 2.45) is 5.11 Å². The van der Waals surface area contributed by atoms with Crippen molar-refractivity contribution in [3.05, 3.63) is 59.0 Å². The fourth-order valence-electron chi connectivity index (χ4n) is 2.08. The van der Waals surface area contributed by atoms with Crippen LogP contribution < -0.4 is 16.0 Å². The molecular weight excluding hydrogens is 338 g/mol. The van der Waals surface area contributed by atoms with Crippen LogP contribution in [0.1, 0.15) is 12.5 Å². The van der Waals surface area contributed by atoms with Gasteiger partial charge in [0.05, 0.1) is 12.2 Å². The van der Waals surface area contributed by atoms with Gasteiger partial charge in [-0.1, -0.05) is 41.9 Å². The summed E-state index contributed by atoms with van der Waals surface area (Å²) in [6.45, 7) is 3.81. The summed E-state index contributed by atoms with van der Waals surface area (Å²) in [5, 5.41) is 13.1. The van der Waals surface area contributed by atoms with Crippen molar-refractivity contribution >= 4 is 23.4 Å². The lowest BCUT2D eigenvalue weighted by molar-refractivity contribution is 0.881. The molecule has 25 heavy (non-hydrogen) atoms. The van der Waals surface area contributed by atoms with Crippen LogP contribution in [0.5, 0.6) is 0 Å². The molecule has 0 radical (unpaired) electrons. The van der Waals surface area contributed by atoms with E-state index in [9.17, 15) is 0 Å². The molecule has 0 aliphatic rings. The third-order valence-electron chi connectivity index (χ3n) is 3.30. The largest absolute Gasteiger partial charge is 0.390 e. The van der Waals surface area contributed by atoms with Gasteiger partial charge in [-0.15, -0.1) is 0 Å². The Morgan fingerprint density at radius 3 is 2.76 bits per heavy atom. The molecule has 0 aliphatic carbocycles. The molecule has 2 aromatic rings. The number of benzene rings is 1. The van der Waals surface area contributed by atoms with Gasteiger partial charge in [0.25, 0.3) is 0 Å². The van der Waals surface area contributed by atoms with Crippen molar-refractivity contribution < 1.29 is 0 Å². The number of hydrogen-bond donors (Lipinski definition) is 4. The van der Waals surface area contributed by atoms with Crippen molar-refractivity contribution in [3.63, 3.8) is 0 Å². The van der Waals surface area contributed by atoms with Crippen LogP contribution in [0.2, 0.25) is 5.15 Å². The van der Waals surface area contributed by atoms with Crippen LogP contribution in [0, 0.1) is 5.53 Å². The van der Waals surface area contributed by atoms with Crippen molar-refractivity contribution in [1.82, 2.24) is 15.3 Å². The van der Waals surface area contributed by atoms with Crippen molar-refractivity contribution in [3.8, 4) is 0 Å². The third-order valence-corrected chi connectivity index (χ3v) is 3.50. The molecular formula is C17H22ClN7. The second-order valence-corrected chi connectivity index (χ2v) is 5.61. The highest BCUT2D eigenvalue weighted by Gasteiger charge is 2.04. The molecule has 0 saturated carbocycles. The Bertz CT molecular complexity index is 703. The first-order chi connectivity index (χ1) is 12.2. The summed E-state index contributed by atoms with van der Waals surface area (Å²) in [4.78, 5) is 8.52. The number of hydrogen-bond acceptors (Lipinski definition) is 7. The van der Waals surface area contributed by atoms with Gasteiger partial charge in [0, 0.05) is 25.4 Å². The zero-order chi connectivity index (χ0) is 17.9. The Morgan fingerprint density at radius 1 is 1.24 bits per heavy atom. The maximum absolute atomic E-state index is 7.16. The first-order valence-corrected chi connectivity index (χ1v) is 8.45. The van der Waals surface area contributed by atoms with Crippen LogP contribution in [0.4, 0.5) is 11.8 Å². The van der Waals surface area contributed by atoms with E-state index in [-0.39, 0.29) is 0 Å². The maximum atomic E-state index is 7.16. The maximum Gasteiger partial charge on any atom is 0.226 e. The topological polar surface area (TPSA) is 98.1 Å². The van der Waals surface area contributed by atoms with Gasteiger partial charge in [0.2, 0.25) is 5.95 Å². The average molecular weight is 360 g/mol. The summed E-state index contributed by atoms with van der Waals surface area (Å²) in [6, 6.07) is 11.9. The normalized spacial score (nSPS) is 11.0. The van der Waals surface area contributed by atoms with E-state index in [0.717, 1.165) is 19.5 Å². The number of halogens is 1. The lowest BCUT2D eigenvalue weighted by atomic mass is 10.1. The number of rotatable bonds is 10. The summed E-state index contributed by atoms with van der Waals surface area (Å²) in [5.41, 5.74) is 8.96. The second kappa shape index (κ2) is 10.2. The van der Waals surface area contributed by atoms with Crippen LogP contribution in [0.3, 0.4) is 0 Å². The molecule has 1 heterocycles. The van der Waals surface area contributed by atoms with Crippen LogP contribution >= 0.6 is 11.6 Å². The Kier molecular flexibility index (Phi) is 7.65. The Hall–Kier alpha value is -2.67. The lowest BCUT2D eigenvalue weighted by Crippen LogP contribution is -2.12. The van der Waals surface area contributed by atoms with Gasteiger partial charge in [0.1, 0.15) is 11.0 Å². The van der Waals surface area contributed by atoms with Gasteiger partial charge in [0.15, 0.2) is 0 Å². The van der Waals surface area contributed by atoms with Gasteiger partial charge in [-0.2, -0.15) is 10.1 Å². The molecule has 0 unspecified atom stereocenters. The minimum atomic E-state index is 0.334. The molecule has 0 fully saturated rings. The Balaban J connectivity index is 1.91. The highest BCUT2D eigenvalue weighted by Crippen LogP contribution is 2.15. The number of nitrogens with one attached hydrogen (secondary N) is 4. The van der Waals surface area contributed by atoms with E-state index in [1.807, 2.05) is 25.1 Å². The quantitative estimate of drug-likeness (QED) is 0.383. The molecule has 0 aliphatic heterocycles. The molecule has 132 valence electrons. The van der Waals surface area contributed by atoms with Crippen molar-refractivity contribution in [1.29, 1.82) is 5.53 Å². The summed E-state index contributed by atoms with van der Waals surface area (Å²) in [7, 11) is 0. The molecule has 1 aromatic carbocycles.